The van der Waals surface area contributed by atoms with Gasteiger partial charge < -0.3 is 15.0 Å². The molecule has 0 saturated carbocycles. The monoisotopic (exact) mass is 357 g/mol. The highest BCUT2D eigenvalue weighted by molar-refractivity contribution is 5.99. The van der Waals surface area contributed by atoms with E-state index in [0.717, 1.165) is 0 Å². The molecule has 1 amide bonds. The van der Waals surface area contributed by atoms with Gasteiger partial charge in [-0.25, -0.2) is 9.37 Å². The number of nitrogens with zero attached hydrogens (tertiary/aromatic N) is 2. The van der Waals surface area contributed by atoms with E-state index in [1.807, 2.05) is 0 Å². The van der Waals surface area contributed by atoms with E-state index in [2.05, 4.69) is 10.3 Å². The van der Waals surface area contributed by atoms with Gasteiger partial charge in [0.15, 0.2) is 0 Å². The molecule has 0 unspecified atom stereocenters. The molecule has 26 heavy (non-hydrogen) atoms. The predicted molar refractivity (Wildman–Crippen MR) is 94.6 cm³/mol. The maximum Gasteiger partial charge on any atom is 0.308 e. The SMILES string of the molecule is COC(=O)C1CCN(C(=O)c2cccnc2Nc2ccccc2F)CC1. The van der Waals surface area contributed by atoms with Crippen LogP contribution in [0, 0.1) is 11.7 Å². The fraction of sp³-hybridized carbons (Fsp3) is 0.316. The molecule has 1 aromatic heterocycles. The van der Waals surface area contributed by atoms with E-state index in [9.17, 15) is 14.0 Å². The number of pyridine rings is 1. The van der Waals surface area contributed by atoms with Crippen molar-refractivity contribution in [1.29, 1.82) is 0 Å². The molecule has 0 aliphatic carbocycles. The summed E-state index contributed by atoms with van der Waals surface area (Å²) in [7, 11) is 1.37. The van der Waals surface area contributed by atoms with Crippen LogP contribution in [0.5, 0.6) is 0 Å². The second kappa shape index (κ2) is 7.95. The second-order valence-corrected chi connectivity index (χ2v) is 6.09. The molecule has 1 saturated heterocycles. The van der Waals surface area contributed by atoms with Crippen molar-refractivity contribution in [3.8, 4) is 0 Å². The zero-order valence-corrected chi connectivity index (χ0v) is 14.4. The van der Waals surface area contributed by atoms with Crippen LogP contribution in [0.4, 0.5) is 15.9 Å². The van der Waals surface area contributed by atoms with Crippen LogP contribution < -0.4 is 5.32 Å². The molecule has 136 valence electrons. The molecule has 0 spiro atoms. The Morgan fingerprint density at radius 2 is 1.92 bits per heavy atom. The van der Waals surface area contributed by atoms with Crippen LogP contribution in [-0.2, 0) is 9.53 Å². The molecule has 6 nitrogen and oxygen atoms in total. The van der Waals surface area contributed by atoms with Crippen LogP contribution in [0.25, 0.3) is 0 Å². The number of rotatable bonds is 4. The largest absolute Gasteiger partial charge is 0.469 e. The Kier molecular flexibility index (Phi) is 5.46. The van der Waals surface area contributed by atoms with Crippen LogP contribution in [-0.4, -0.2) is 42.0 Å². The van der Waals surface area contributed by atoms with Gasteiger partial charge in [-0.2, -0.15) is 0 Å². The van der Waals surface area contributed by atoms with Crippen molar-refractivity contribution in [2.75, 3.05) is 25.5 Å². The van der Waals surface area contributed by atoms with E-state index in [4.69, 9.17) is 4.74 Å². The number of esters is 1. The van der Waals surface area contributed by atoms with Gasteiger partial charge >= 0.3 is 5.97 Å². The minimum absolute atomic E-state index is 0.172. The van der Waals surface area contributed by atoms with Crippen LogP contribution in [0.2, 0.25) is 0 Å². The second-order valence-electron chi connectivity index (χ2n) is 6.09. The van der Waals surface area contributed by atoms with Crippen molar-refractivity contribution < 1.29 is 18.7 Å². The van der Waals surface area contributed by atoms with Crippen molar-refractivity contribution in [1.82, 2.24) is 9.88 Å². The van der Waals surface area contributed by atoms with Gasteiger partial charge in [-0.15, -0.1) is 0 Å². The summed E-state index contributed by atoms with van der Waals surface area (Å²) in [5.74, 6) is -0.720. The number of aromatic nitrogens is 1. The Morgan fingerprint density at radius 3 is 2.62 bits per heavy atom. The number of carbonyl (C=O) groups excluding carboxylic acids is 2. The fourth-order valence-electron chi connectivity index (χ4n) is 3.02. The van der Waals surface area contributed by atoms with Gasteiger partial charge in [0.1, 0.15) is 11.6 Å². The number of nitrogens with one attached hydrogen (secondary N) is 1. The van der Waals surface area contributed by atoms with Gasteiger partial charge in [0, 0.05) is 19.3 Å². The lowest BCUT2D eigenvalue weighted by molar-refractivity contribution is -0.146. The van der Waals surface area contributed by atoms with E-state index >= 15 is 0 Å². The molecule has 1 fully saturated rings. The summed E-state index contributed by atoms with van der Waals surface area (Å²) in [5.41, 5.74) is 0.622. The lowest BCUT2D eigenvalue weighted by Gasteiger charge is -2.31. The first-order valence-corrected chi connectivity index (χ1v) is 8.44. The highest BCUT2D eigenvalue weighted by atomic mass is 19.1. The molecule has 0 bridgehead atoms. The number of anilines is 2. The van der Waals surface area contributed by atoms with Crippen molar-refractivity contribution in [2.24, 2.45) is 5.92 Å². The summed E-state index contributed by atoms with van der Waals surface area (Å²) < 4.78 is 18.7. The van der Waals surface area contributed by atoms with Gasteiger partial charge in [0.2, 0.25) is 0 Å². The minimum atomic E-state index is -0.421. The predicted octanol–water partition coefficient (Wildman–Crippen LogP) is 2.99. The molecule has 7 heteroatoms. The van der Waals surface area contributed by atoms with Crippen molar-refractivity contribution in [2.45, 2.75) is 12.8 Å². The number of piperidine rings is 1. The van der Waals surface area contributed by atoms with Crippen molar-refractivity contribution in [3.63, 3.8) is 0 Å². The van der Waals surface area contributed by atoms with Gasteiger partial charge in [-0.3, -0.25) is 9.59 Å². The number of methoxy groups -OCH3 is 1. The number of hydrogen-bond donors (Lipinski definition) is 1. The normalized spacial score (nSPS) is 14.8. The number of para-hydroxylation sites is 1. The zero-order valence-electron chi connectivity index (χ0n) is 14.4. The van der Waals surface area contributed by atoms with Crippen LogP contribution in [0.3, 0.4) is 0 Å². The van der Waals surface area contributed by atoms with Gasteiger partial charge in [0.25, 0.3) is 5.91 Å². The maximum atomic E-state index is 13.9. The number of likely N-dealkylation sites (tertiary alicyclic amines) is 1. The van der Waals surface area contributed by atoms with E-state index in [1.165, 1.54) is 13.2 Å². The first-order chi connectivity index (χ1) is 12.6. The van der Waals surface area contributed by atoms with Crippen LogP contribution >= 0.6 is 0 Å². The first-order valence-electron chi connectivity index (χ1n) is 8.44. The van der Waals surface area contributed by atoms with Gasteiger partial charge in [0.05, 0.1) is 24.3 Å². The summed E-state index contributed by atoms with van der Waals surface area (Å²) in [6, 6.07) is 9.54. The molecule has 1 aliphatic heterocycles. The molecule has 0 radical (unpaired) electrons. The zero-order chi connectivity index (χ0) is 18.5. The van der Waals surface area contributed by atoms with E-state index < -0.39 is 5.82 Å². The molecule has 1 aliphatic rings. The Balaban J connectivity index is 1.75. The van der Waals surface area contributed by atoms with Crippen LogP contribution in [0.1, 0.15) is 23.2 Å². The Morgan fingerprint density at radius 1 is 1.19 bits per heavy atom. The van der Waals surface area contributed by atoms with E-state index in [0.29, 0.717) is 37.3 Å². The molecule has 2 heterocycles. The van der Waals surface area contributed by atoms with Crippen molar-refractivity contribution >= 4 is 23.4 Å². The maximum absolute atomic E-state index is 13.9. The lowest BCUT2D eigenvalue weighted by atomic mass is 9.96. The molecule has 0 atom stereocenters. The summed E-state index contributed by atoms with van der Waals surface area (Å²) in [6.07, 6.45) is 2.67. The number of halogens is 1. The number of amides is 1. The Labute approximate surface area is 151 Å². The summed E-state index contributed by atoms with van der Waals surface area (Å²) in [4.78, 5) is 30.4. The third-order valence-corrected chi connectivity index (χ3v) is 4.48. The fourth-order valence-corrected chi connectivity index (χ4v) is 3.02. The molecule has 1 aromatic carbocycles. The number of carbonyl (C=O) groups is 2. The third kappa shape index (κ3) is 3.82. The van der Waals surface area contributed by atoms with E-state index in [1.54, 1.807) is 41.4 Å². The topological polar surface area (TPSA) is 71.5 Å². The lowest BCUT2D eigenvalue weighted by Crippen LogP contribution is -2.40. The summed E-state index contributed by atoms with van der Waals surface area (Å²) >= 11 is 0. The Hall–Kier alpha value is -2.96. The molecular weight excluding hydrogens is 337 g/mol. The van der Waals surface area contributed by atoms with Gasteiger partial charge in [-0.05, 0) is 37.1 Å². The average molecular weight is 357 g/mol. The average Bonchev–Trinajstić information content (AvgIpc) is 2.69. The smallest absolute Gasteiger partial charge is 0.308 e. The summed E-state index contributed by atoms with van der Waals surface area (Å²) in [6.45, 7) is 0.930. The van der Waals surface area contributed by atoms with E-state index in [-0.39, 0.29) is 23.5 Å². The minimum Gasteiger partial charge on any atom is -0.469 e. The Bertz CT molecular complexity index is 804. The standard InChI is InChI=1S/C19H20FN3O3/c1-26-19(25)13-8-11-23(12-9-13)18(24)14-5-4-10-21-17(14)22-16-7-3-2-6-15(16)20/h2-7,10,13H,8-9,11-12H2,1H3,(H,21,22). The van der Waals surface area contributed by atoms with Gasteiger partial charge in [-0.1, -0.05) is 12.1 Å². The molecule has 2 aromatic rings. The number of hydrogen-bond acceptors (Lipinski definition) is 5. The van der Waals surface area contributed by atoms with Crippen molar-refractivity contribution in [3.05, 3.63) is 54.0 Å². The highest BCUT2D eigenvalue weighted by Gasteiger charge is 2.29. The highest BCUT2D eigenvalue weighted by Crippen LogP contribution is 2.24. The first kappa shape index (κ1) is 17.8. The van der Waals surface area contributed by atoms with Crippen LogP contribution in [0.15, 0.2) is 42.6 Å². The molecule has 3 rings (SSSR count). The number of benzene rings is 1. The third-order valence-electron chi connectivity index (χ3n) is 4.48. The summed E-state index contributed by atoms with van der Waals surface area (Å²) in [5, 5.41) is 2.89. The quantitative estimate of drug-likeness (QED) is 0.852. The molecule has 1 N–H and O–H groups in total. The molecular formula is C19H20FN3O3. The number of ether oxygens (including phenoxy) is 1.